The number of methoxy groups -OCH3 is 1. The van der Waals surface area contributed by atoms with Crippen molar-refractivity contribution in [1.82, 2.24) is 4.90 Å². The van der Waals surface area contributed by atoms with Crippen LogP contribution in [0, 0.1) is 11.2 Å². The zero-order valence-corrected chi connectivity index (χ0v) is 17.1. The second-order valence-electron chi connectivity index (χ2n) is 8.79. The van der Waals surface area contributed by atoms with E-state index in [2.05, 4.69) is 9.64 Å². The number of hydrogen-bond acceptors (Lipinski definition) is 5. The van der Waals surface area contributed by atoms with Gasteiger partial charge in [0, 0.05) is 31.9 Å². The maximum Gasteiger partial charge on any atom is 0.410 e. The normalized spacial score (nSPS) is 19.0. The highest BCUT2D eigenvalue weighted by atomic mass is 19.1. The lowest BCUT2D eigenvalue weighted by atomic mass is 9.78. The number of amides is 1. The van der Waals surface area contributed by atoms with E-state index < -0.39 is 17.4 Å². The number of likely N-dealkylation sites (tertiary alicyclic amines) is 1. The fraction of sp³-hybridized carbons (Fsp3) is 0.619. The quantitative estimate of drug-likeness (QED) is 0.716. The number of carbonyl (C=O) groups excluding carboxylic acids is 2. The van der Waals surface area contributed by atoms with Crippen molar-refractivity contribution in [3.05, 3.63) is 29.6 Å². The number of piperidine rings is 1. The molecule has 2 saturated heterocycles. The highest BCUT2D eigenvalue weighted by molar-refractivity contribution is 5.90. The summed E-state index contributed by atoms with van der Waals surface area (Å²) in [6.07, 6.45) is 2.57. The van der Waals surface area contributed by atoms with Gasteiger partial charge in [0.2, 0.25) is 0 Å². The van der Waals surface area contributed by atoms with Gasteiger partial charge in [-0.2, -0.15) is 0 Å². The topological polar surface area (TPSA) is 59.1 Å². The second-order valence-corrected chi connectivity index (χ2v) is 8.79. The number of rotatable bonds is 2. The predicted octanol–water partition coefficient (Wildman–Crippen LogP) is 3.84. The van der Waals surface area contributed by atoms with E-state index in [9.17, 15) is 14.0 Å². The number of halogens is 1. The molecule has 0 aliphatic carbocycles. The lowest BCUT2D eigenvalue weighted by molar-refractivity contribution is 0.0121. The van der Waals surface area contributed by atoms with Crippen LogP contribution in [0.5, 0.6) is 0 Å². The molecule has 3 rings (SSSR count). The number of anilines is 1. The van der Waals surface area contributed by atoms with Gasteiger partial charge in [-0.1, -0.05) is 0 Å². The zero-order valence-electron chi connectivity index (χ0n) is 17.1. The van der Waals surface area contributed by atoms with Crippen molar-refractivity contribution in [3.8, 4) is 0 Å². The molecule has 2 heterocycles. The van der Waals surface area contributed by atoms with Crippen molar-refractivity contribution in [2.45, 2.75) is 45.6 Å². The number of nitrogens with zero attached hydrogens (tertiary/aromatic N) is 2. The van der Waals surface area contributed by atoms with Crippen molar-refractivity contribution >= 4 is 17.7 Å². The standard InChI is InChI=1S/C21H29FN2O4/c1-20(2,3)28-19(26)23-10-7-21(8-11-23)9-12-24(14-21)15-5-6-16(17(22)13-15)18(25)27-4/h5-6,13H,7-12,14H2,1-4H3. The summed E-state index contributed by atoms with van der Waals surface area (Å²) in [5.74, 6) is -1.23. The molecular weight excluding hydrogens is 363 g/mol. The van der Waals surface area contributed by atoms with Gasteiger partial charge in [0.1, 0.15) is 11.4 Å². The van der Waals surface area contributed by atoms with Crippen LogP contribution in [0.2, 0.25) is 0 Å². The Hall–Kier alpha value is -2.31. The van der Waals surface area contributed by atoms with Crippen LogP contribution in [0.3, 0.4) is 0 Å². The average molecular weight is 392 g/mol. The monoisotopic (exact) mass is 392 g/mol. The first-order valence-corrected chi connectivity index (χ1v) is 9.73. The smallest absolute Gasteiger partial charge is 0.410 e. The van der Waals surface area contributed by atoms with Crippen LogP contribution in [0.1, 0.15) is 50.4 Å². The molecule has 0 saturated carbocycles. The SMILES string of the molecule is COC(=O)c1ccc(N2CCC3(CCN(C(=O)OC(C)(C)C)CC3)C2)cc1F. The maximum absolute atomic E-state index is 14.3. The highest BCUT2D eigenvalue weighted by Gasteiger charge is 2.42. The van der Waals surface area contributed by atoms with Crippen LogP contribution in [0.15, 0.2) is 18.2 Å². The molecule has 28 heavy (non-hydrogen) atoms. The molecular formula is C21H29FN2O4. The Labute approximate surface area is 165 Å². The molecule has 0 aromatic heterocycles. The fourth-order valence-corrected chi connectivity index (χ4v) is 4.03. The number of hydrogen-bond donors (Lipinski definition) is 0. The average Bonchev–Trinajstić information content (AvgIpc) is 3.03. The van der Waals surface area contributed by atoms with Crippen LogP contribution >= 0.6 is 0 Å². The Balaban J connectivity index is 1.61. The summed E-state index contributed by atoms with van der Waals surface area (Å²) in [6.45, 7) is 8.63. The summed E-state index contributed by atoms with van der Waals surface area (Å²) < 4.78 is 24.3. The summed E-state index contributed by atoms with van der Waals surface area (Å²) in [6, 6.07) is 4.65. The van der Waals surface area contributed by atoms with Gasteiger partial charge in [-0.25, -0.2) is 14.0 Å². The van der Waals surface area contributed by atoms with Gasteiger partial charge in [0.05, 0.1) is 12.7 Å². The number of ether oxygens (including phenoxy) is 2. The molecule has 2 aliphatic heterocycles. The first kappa shape index (κ1) is 20.4. The van der Waals surface area contributed by atoms with E-state index >= 15 is 0 Å². The largest absolute Gasteiger partial charge is 0.465 e. The van der Waals surface area contributed by atoms with Crippen LogP contribution < -0.4 is 4.90 Å². The minimum absolute atomic E-state index is 0.0502. The zero-order chi connectivity index (χ0) is 20.5. The molecule has 2 aliphatic rings. The first-order valence-electron chi connectivity index (χ1n) is 9.73. The molecule has 6 nitrogen and oxygen atoms in total. The Bertz CT molecular complexity index is 751. The molecule has 0 radical (unpaired) electrons. The van der Waals surface area contributed by atoms with E-state index in [1.165, 1.54) is 19.2 Å². The van der Waals surface area contributed by atoms with Crippen molar-refractivity contribution in [1.29, 1.82) is 0 Å². The summed E-state index contributed by atoms with van der Waals surface area (Å²) in [5, 5.41) is 0. The predicted molar refractivity (Wildman–Crippen MR) is 104 cm³/mol. The van der Waals surface area contributed by atoms with Gasteiger partial charge < -0.3 is 19.3 Å². The van der Waals surface area contributed by atoms with Gasteiger partial charge in [0.15, 0.2) is 0 Å². The Morgan fingerprint density at radius 2 is 1.75 bits per heavy atom. The molecule has 0 atom stereocenters. The van der Waals surface area contributed by atoms with Crippen LogP contribution in [0.4, 0.5) is 14.9 Å². The van der Waals surface area contributed by atoms with E-state index in [0.29, 0.717) is 13.1 Å². The minimum atomic E-state index is -0.670. The Morgan fingerprint density at radius 1 is 1.11 bits per heavy atom. The van der Waals surface area contributed by atoms with Gasteiger partial charge >= 0.3 is 12.1 Å². The molecule has 0 bridgehead atoms. The molecule has 7 heteroatoms. The van der Waals surface area contributed by atoms with E-state index in [4.69, 9.17) is 4.74 Å². The number of carbonyl (C=O) groups is 2. The van der Waals surface area contributed by atoms with Gasteiger partial charge in [-0.3, -0.25) is 0 Å². The first-order chi connectivity index (χ1) is 13.1. The minimum Gasteiger partial charge on any atom is -0.465 e. The van der Waals surface area contributed by atoms with E-state index in [-0.39, 0.29) is 17.1 Å². The van der Waals surface area contributed by atoms with Crippen LogP contribution in [-0.2, 0) is 9.47 Å². The van der Waals surface area contributed by atoms with E-state index in [0.717, 1.165) is 38.0 Å². The van der Waals surface area contributed by atoms with Crippen molar-refractivity contribution < 1.29 is 23.5 Å². The second kappa shape index (κ2) is 7.60. The van der Waals surface area contributed by atoms with Crippen molar-refractivity contribution in [3.63, 3.8) is 0 Å². The molecule has 1 spiro atoms. The molecule has 154 valence electrons. The summed E-state index contributed by atoms with van der Waals surface area (Å²) in [7, 11) is 1.24. The molecule has 2 fully saturated rings. The van der Waals surface area contributed by atoms with Crippen LogP contribution in [-0.4, -0.2) is 55.9 Å². The molecule has 1 aromatic rings. The molecule has 0 unspecified atom stereocenters. The molecule has 1 amide bonds. The molecule has 1 aromatic carbocycles. The maximum atomic E-state index is 14.3. The molecule has 0 N–H and O–H groups in total. The third-order valence-corrected chi connectivity index (χ3v) is 5.64. The van der Waals surface area contributed by atoms with Crippen molar-refractivity contribution in [2.75, 3.05) is 38.2 Å². The third kappa shape index (κ3) is 4.39. The van der Waals surface area contributed by atoms with Crippen LogP contribution in [0.25, 0.3) is 0 Å². The van der Waals surface area contributed by atoms with Gasteiger partial charge in [-0.15, -0.1) is 0 Å². The summed E-state index contributed by atoms with van der Waals surface area (Å²) >= 11 is 0. The van der Waals surface area contributed by atoms with Crippen molar-refractivity contribution in [2.24, 2.45) is 5.41 Å². The summed E-state index contributed by atoms with van der Waals surface area (Å²) in [5.41, 5.74) is 0.370. The third-order valence-electron chi connectivity index (χ3n) is 5.64. The van der Waals surface area contributed by atoms with Gasteiger partial charge in [-0.05, 0) is 63.6 Å². The highest BCUT2D eigenvalue weighted by Crippen LogP contribution is 2.42. The summed E-state index contributed by atoms with van der Waals surface area (Å²) in [4.78, 5) is 27.8. The lowest BCUT2D eigenvalue weighted by Crippen LogP contribution is -2.46. The fourth-order valence-electron chi connectivity index (χ4n) is 4.03. The van der Waals surface area contributed by atoms with E-state index in [1.807, 2.05) is 20.8 Å². The number of benzene rings is 1. The lowest BCUT2D eigenvalue weighted by Gasteiger charge is -2.39. The Morgan fingerprint density at radius 3 is 2.32 bits per heavy atom. The van der Waals surface area contributed by atoms with E-state index in [1.54, 1.807) is 11.0 Å². The van der Waals surface area contributed by atoms with Gasteiger partial charge in [0.25, 0.3) is 0 Å². The number of esters is 1. The Kier molecular flexibility index (Phi) is 5.55.